The quantitative estimate of drug-likeness (QED) is 0.424. The molecule has 0 spiro atoms. The van der Waals surface area contributed by atoms with Crippen LogP contribution >= 0.6 is 24.0 Å². The Bertz CT molecular complexity index is 442. The maximum Gasteiger partial charge on any atom is 0.191 e. The van der Waals surface area contributed by atoms with Crippen LogP contribution in [0.15, 0.2) is 29.3 Å². The first-order valence-corrected chi connectivity index (χ1v) is 7.94. The van der Waals surface area contributed by atoms with Gasteiger partial charge in [0.15, 0.2) is 5.96 Å². The summed E-state index contributed by atoms with van der Waals surface area (Å²) in [6.45, 7) is 4.25. The van der Waals surface area contributed by atoms with E-state index in [0.29, 0.717) is 12.6 Å². The molecule has 0 saturated heterocycles. The molecule has 0 amide bonds. The highest BCUT2D eigenvalue weighted by molar-refractivity contribution is 14.0. The molecular weight excluding hydrogens is 389 g/mol. The molecule has 0 bridgehead atoms. The Morgan fingerprint density at radius 2 is 1.82 bits per heavy atom. The molecule has 0 aromatic heterocycles. The molecule has 1 aliphatic carbocycles. The summed E-state index contributed by atoms with van der Waals surface area (Å²) >= 11 is 0. The van der Waals surface area contributed by atoms with Gasteiger partial charge in [0.25, 0.3) is 0 Å². The summed E-state index contributed by atoms with van der Waals surface area (Å²) in [7, 11) is 1.83. The van der Waals surface area contributed by atoms with E-state index in [1.165, 1.54) is 36.8 Å². The van der Waals surface area contributed by atoms with E-state index in [9.17, 15) is 0 Å². The minimum absolute atomic E-state index is 0. The molecule has 2 N–H and O–H groups in total. The molecule has 1 fully saturated rings. The zero-order valence-electron chi connectivity index (χ0n) is 13.6. The highest BCUT2D eigenvalue weighted by Crippen LogP contribution is 2.17. The van der Waals surface area contributed by atoms with E-state index in [2.05, 4.69) is 39.9 Å². The van der Waals surface area contributed by atoms with Crippen LogP contribution in [0.5, 0.6) is 0 Å². The van der Waals surface area contributed by atoms with Crippen LogP contribution in [0.2, 0.25) is 0 Å². The Balaban J connectivity index is 0.00000242. The molecule has 4 nitrogen and oxygen atoms in total. The standard InChI is InChI=1S/C17H27N3O.HI/c1-3-21-13-15-10-8-14(9-11-15)12-19-17(18-2)20-16-6-4-5-7-16;/h8-11,16H,3-7,12-13H2,1-2H3,(H2,18,19,20);1H. The van der Waals surface area contributed by atoms with Gasteiger partial charge in [-0.1, -0.05) is 37.1 Å². The van der Waals surface area contributed by atoms with E-state index in [1.54, 1.807) is 0 Å². The second kappa shape index (κ2) is 10.8. The minimum atomic E-state index is 0. The Kier molecular flexibility index (Phi) is 9.47. The molecule has 2 rings (SSSR count). The zero-order valence-corrected chi connectivity index (χ0v) is 15.9. The summed E-state index contributed by atoms with van der Waals surface area (Å²) in [5, 5.41) is 6.88. The van der Waals surface area contributed by atoms with E-state index in [-0.39, 0.29) is 24.0 Å². The molecule has 1 aliphatic rings. The monoisotopic (exact) mass is 417 g/mol. The van der Waals surface area contributed by atoms with Gasteiger partial charge in [-0.3, -0.25) is 4.99 Å². The van der Waals surface area contributed by atoms with Crippen molar-refractivity contribution in [1.82, 2.24) is 10.6 Å². The number of nitrogens with one attached hydrogen (secondary N) is 2. The van der Waals surface area contributed by atoms with Crippen molar-refractivity contribution in [3.63, 3.8) is 0 Å². The molecular formula is C17H28IN3O. The van der Waals surface area contributed by atoms with Crippen LogP contribution < -0.4 is 10.6 Å². The summed E-state index contributed by atoms with van der Waals surface area (Å²) in [5.41, 5.74) is 2.47. The van der Waals surface area contributed by atoms with Gasteiger partial charge in [-0.2, -0.15) is 0 Å². The largest absolute Gasteiger partial charge is 0.377 e. The third-order valence-electron chi connectivity index (χ3n) is 3.88. The number of benzene rings is 1. The third kappa shape index (κ3) is 6.52. The maximum atomic E-state index is 5.40. The fourth-order valence-corrected chi connectivity index (χ4v) is 2.62. The number of ether oxygens (including phenoxy) is 1. The van der Waals surface area contributed by atoms with Gasteiger partial charge in [-0.05, 0) is 30.9 Å². The van der Waals surface area contributed by atoms with Gasteiger partial charge < -0.3 is 15.4 Å². The first kappa shape index (κ1) is 19.2. The zero-order chi connectivity index (χ0) is 14.9. The van der Waals surface area contributed by atoms with Crippen LogP contribution in [0.4, 0.5) is 0 Å². The predicted octanol–water partition coefficient (Wildman–Crippen LogP) is 3.45. The number of halogens is 1. The normalized spacial score (nSPS) is 15.5. The number of hydrogen-bond acceptors (Lipinski definition) is 2. The summed E-state index contributed by atoms with van der Waals surface area (Å²) in [5.74, 6) is 0.903. The Hall–Kier alpha value is -0.820. The molecule has 22 heavy (non-hydrogen) atoms. The van der Waals surface area contributed by atoms with Gasteiger partial charge in [-0.25, -0.2) is 0 Å². The van der Waals surface area contributed by atoms with E-state index >= 15 is 0 Å². The second-order valence-electron chi connectivity index (χ2n) is 5.51. The predicted molar refractivity (Wildman–Crippen MR) is 103 cm³/mol. The topological polar surface area (TPSA) is 45.6 Å². The molecule has 1 aromatic rings. The Labute approximate surface area is 151 Å². The van der Waals surface area contributed by atoms with Crippen LogP contribution in [0.1, 0.15) is 43.7 Å². The number of nitrogens with zero attached hydrogens (tertiary/aromatic N) is 1. The third-order valence-corrected chi connectivity index (χ3v) is 3.88. The molecule has 0 heterocycles. The maximum absolute atomic E-state index is 5.40. The molecule has 124 valence electrons. The van der Waals surface area contributed by atoms with Gasteiger partial charge >= 0.3 is 0 Å². The molecule has 1 aromatic carbocycles. The molecule has 5 heteroatoms. The number of rotatable bonds is 6. The summed E-state index contributed by atoms with van der Waals surface area (Å²) < 4.78 is 5.40. The van der Waals surface area contributed by atoms with Crippen molar-refractivity contribution in [2.75, 3.05) is 13.7 Å². The lowest BCUT2D eigenvalue weighted by Crippen LogP contribution is -2.41. The fourth-order valence-electron chi connectivity index (χ4n) is 2.62. The average Bonchev–Trinajstić information content (AvgIpc) is 3.03. The first-order chi connectivity index (χ1) is 10.3. The average molecular weight is 417 g/mol. The number of guanidine groups is 1. The molecule has 0 radical (unpaired) electrons. The summed E-state index contributed by atoms with van der Waals surface area (Å²) in [4.78, 5) is 4.30. The number of aliphatic imine (C=N–C) groups is 1. The van der Waals surface area contributed by atoms with E-state index in [0.717, 1.165) is 19.1 Å². The van der Waals surface area contributed by atoms with Crippen LogP contribution in [0.25, 0.3) is 0 Å². The van der Waals surface area contributed by atoms with Gasteiger partial charge in [0.05, 0.1) is 6.61 Å². The SMILES string of the molecule is CCOCc1ccc(CNC(=NC)NC2CCCC2)cc1.I. The lowest BCUT2D eigenvalue weighted by Gasteiger charge is -2.17. The highest BCUT2D eigenvalue weighted by Gasteiger charge is 2.15. The van der Waals surface area contributed by atoms with Gasteiger partial charge in [0.2, 0.25) is 0 Å². The Morgan fingerprint density at radius 3 is 2.41 bits per heavy atom. The molecule has 0 atom stereocenters. The highest BCUT2D eigenvalue weighted by atomic mass is 127. The van der Waals surface area contributed by atoms with Crippen molar-refractivity contribution in [1.29, 1.82) is 0 Å². The number of hydrogen-bond donors (Lipinski definition) is 2. The van der Waals surface area contributed by atoms with Gasteiger partial charge in [0, 0.05) is 26.2 Å². The lowest BCUT2D eigenvalue weighted by atomic mass is 10.1. The fraction of sp³-hybridized carbons (Fsp3) is 0.588. The molecule has 0 unspecified atom stereocenters. The van der Waals surface area contributed by atoms with Crippen molar-refractivity contribution >= 4 is 29.9 Å². The summed E-state index contributed by atoms with van der Waals surface area (Å²) in [6, 6.07) is 9.12. The van der Waals surface area contributed by atoms with Crippen molar-refractivity contribution in [3.05, 3.63) is 35.4 Å². The molecule has 1 saturated carbocycles. The van der Waals surface area contributed by atoms with Crippen molar-refractivity contribution in [2.24, 2.45) is 4.99 Å². The van der Waals surface area contributed by atoms with Crippen LogP contribution in [-0.4, -0.2) is 25.7 Å². The van der Waals surface area contributed by atoms with Crippen LogP contribution in [0.3, 0.4) is 0 Å². The van der Waals surface area contributed by atoms with E-state index in [1.807, 2.05) is 14.0 Å². The van der Waals surface area contributed by atoms with Crippen molar-refractivity contribution in [2.45, 2.75) is 51.8 Å². The van der Waals surface area contributed by atoms with E-state index < -0.39 is 0 Å². The van der Waals surface area contributed by atoms with E-state index in [4.69, 9.17) is 4.74 Å². The Morgan fingerprint density at radius 1 is 1.18 bits per heavy atom. The van der Waals surface area contributed by atoms with Crippen LogP contribution in [0, 0.1) is 0 Å². The molecule has 0 aliphatic heterocycles. The van der Waals surface area contributed by atoms with Crippen molar-refractivity contribution < 1.29 is 4.74 Å². The summed E-state index contributed by atoms with van der Waals surface area (Å²) in [6.07, 6.45) is 5.17. The van der Waals surface area contributed by atoms with Crippen LogP contribution in [-0.2, 0) is 17.9 Å². The second-order valence-corrected chi connectivity index (χ2v) is 5.51. The van der Waals surface area contributed by atoms with Gasteiger partial charge in [-0.15, -0.1) is 24.0 Å². The first-order valence-electron chi connectivity index (χ1n) is 7.94. The van der Waals surface area contributed by atoms with Crippen molar-refractivity contribution in [3.8, 4) is 0 Å². The smallest absolute Gasteiger partial charge is 0.191 e. The van der Waals surface area contributed by atoms with Gasteiger partial charge in [0.1, 0.15) is 0 Å². The minimum Gasteiger partial charge on any atom is -0.377 e. The lowest BCUT2D eigenvalue weighted by molar-refractivity contribution is 0.134.